The minimum absolute atomic E-state index is 0.959. The van der Waals surface area contributed by atoms with E-state index in [-0.39, 0.29) is 0 Å². The predicted octanol–water partition coefficient (Wildman–Crippen LogP) is 4.08. The molecule has 0 aromatic heterocycles. The van der Waals surface area contributed by atoms with E-state index in [1.54, 1.807) is 18.9 Å². The Morgan fingerprint density at radius 3 is 2.31 bits per heavy atom. The monoisotopic (exact) mass is 230 g/mol. The van der Waals surface area contributed by atoms with Gasteiger partial charge in [0.1, 0.15) is 5.75 Å². The standard InChI is InChI=1S/C14H14OS/c1-15-14-12(9-6-10-13(14)16-2)11-7-4-3-5-8-11/h3-10H,1-2H3. The molecule has 0 unspecified atom stereocenters. The van der Waals surface area contributed by atoms with E-state index in [2.05, 4.69) is 36.6 Å². The molecule has 0 radical (unpaired) electrons. The van der Waals surface area contributed by atoms with Crippen LogP contribution in [0.5, 0.6) is 5.75 Å². The van der Waals surface area contributed by atoms with E-state index in [0.29, 0.717) is 0 Å². The van der Waals surface area contributed by atoms with Gasteiger partial charge in [-0.25, -0.2) is 0 Å². The van der Waals surface area contributed by atoms with Gasteiger partial charge >= 0.3 is 0 Å². The maximum atomic E-state index is 5.50. The van der Waals surface area contributed by atoms with Crippen molar-refractivity contribution in [2.45, 2.75) is 4.90 Å². The Bertz CT molecular complexity index is 465. The lowest BCUT2D eigenvalue weighted by Crippen LogP contribution is -1.90. The number of thioether (sulfide) groups is 1. The van der Waals surface area contributed by atoms with Crippen molar-refractivity contribution in [1.29, 1.82) is 0 Å². The van der Waals surface area contributed by atoms with E-state index in [1.807, 2.05) is 18.2 Å². The number of methoxy groups -OCH3 is 1. The zero-order chi connectivity index (χ0) is 11.4. The van der Waals surface area contributed by atoms with Gasteiger partial charge in [-0.2, -0.15) is 0 Å². The molecule has 0 atom stereocenters. The molecule has 0 saturated heterocycles. The van der Waals surface area contributed by atoms with E-state index in [9.17, 15) is 0 Å². The number of ether oxygens (including phenoxy) is 1. The van der Waals surface area contributed by atoms with Crippen LogP contribution in [0.3, 0.4) is 0 Å². The van der Waals surface area contributed by atoms with Crippen LogP contribution in [-0.4, -0.2) is 13.4 Å². The van der Waals surface area contributed by atoms with E-state index < -0.39 is 0 Å². The van der Waals surface area contributed by atoms with Crippen molar-refractivity contribution in [1.82, 2.24) is 0 Å². The third-order valence-electron chi connectivity index (χ3n) is 2.49. The molecule has 0 aliphatic rings. The lowest BCUT2D eigenvalue weighted by Gasteiger charge is -2.12. The van der Waals surface area contributed by atoms with Crippen LogP contribution in [0.1, 0.15) is 0 Å². The molecule has 0 aliphatic heterocycles. The van der Waals surface area contributed by atoms with Gasteiger partial charge in [-0.1, -0.05) is 42.5 Å². The molecule has 2 aromatic carbocycles. The van der Waals surface area contributed by atoms with Gasteiger partial charge in [-0.05, 0) is 17.9 Å². The zero-order valence-electron chi connectivity index (χ0n) is 9.44. The maximum Gasteiger partial charge on any atom is 0.140 e. The SMILES string of the molecule is COc1c(SC)cccc1-c1ccccc1. The van der Waals surface area contributed by atoms with E-state index >= 15 is 0 Å². The molecule has 0 fully saturated rings. The fourth-order valence-electron chi connectivity index (χ4n) is 1.73. The van der Waals surface area contributed by atoms with Crippen molar-refractivity contribution in [2.75, 3.05) is 13.4 Å². The first-order valence-corrected chi connectivity index (χ1v) is 6.35. The second-order valence-corrected chi connectivity index (χ2v) is 4.26. The Morgan fingerprint density at radius 1 is 0.938 bits per heavy atom. The lowest BCUT2D eigenvalue weighted by atomic mass is 10.0. The van der Waals surface area contributed by atoms with Crippen molar-refractivity contribution in [3.05, 3.63) is 48.5 Å². The summed E-state index contributed by atoms with van der Waals surface area (Å²) in [6, 6.07) is 16.5. The van der Waals surface area contributed by atoms with Gasteiger partial charge in [0.05, 0.1) is 7.11 Å². The van der Waals surface area contributed by atoms with Gasteiger partial charge in [0, 0.05) is 10.5 Å². The van der Waals surface area contributed by atoms with Crippen LogP contribution in [-0.2, 0) is 0 Å². The fourth-order valence-corrected chi connectivity index (χ4v) is 2.33. The largest absolute Gasteiger partial charge is 0.495 e. The van der Waals surface area contributed by atoms with Crippen molar-refractivity contribution >= 4 is 11.8 Å². The van der Waals surface area contributed by atoms with Crippen LogP contribution in [0.25, 0.3) is 11.1 Å². The Balaban J connectivity index is 2.57. The van der Waals surface area contributed by atoms with Gasteiger partial charge in [-0.3, -0.25) is 0 Å². The fraction of sp³-hybridized carbons (Fsp3) is 0.143. The highest BCUT2D eigenvalue weighted by molar-refractivity contribution is 7.98. The summed E-state index contributed by atoms with van der Waals surface area (Å²) in [6.07, 6.45) is 2.06. The molecule has 0 N–H and O–H groups in total. The van der Waals surface area contributed by atoms with E-state index in [0.717, 1.165) is 11.3 Å². The van der Waals surface area contributed by atoms with Crippen LogP contribution >= 0.6 is 11.8 Å². The van der Waals surface area contributed by atoms with Gasteiger partial charge in [0.25, 0.3) is 0 Å². The predicted molar refractivity (Wildman–Crippen MR) is 70.2 cm³/mol. The van der Waals surface area contributed by atoms with Crippen molar-refractivity contribution < 1.29 is 4.74 Å². The van der Waals surface area contributed by atoms with Gasteiger partial charge in [0.2, 0.25) is 0 Å². The summed E-state index contributed by atoms with van der Waals surface area (Å²) in [5.74, 6) is 0.959. The highest BCUT2D eigenvalue weighted by Crippen LogP contribution is 2.37. The Kier molecular flexibility index (Phi) is 3.52. The average Bonchev–Trinajstić information content (AvgIpc) is 2.38. The third-order valence-corrected chi connectivity index (χ3v) is 3.25. The third kappa shape index (κ3) is 2.07. The first-order valence-electron chi connectivity index (χ1n) is 5.13. The van der Waals surface area contributed by atoms with Gasteiger partial charge < -0.3 is 4.74 Å². The summed E-state index contributed by atoms with van der Waals surface area (Å²) < 4.78 is 5.50. The first-order chi connectivity index (χ1) is 7.86. The van der Waals surface area contributed by atoms with E-state index in [4.69, 9.17) is 4.74 Å². The lowest BCUT2D eigenvalue weighted by molar-refractivity contribution is 0.406. The minimum atomic E-state index is 0.959. The molecule has 2 aromatic rings. The van der Waals surface area contributed by atoms with Gasteiger partial charge in [0.15, 0.2) is 0 Å². The molecule has 82 valence electrons. The van der Waals surface area contributed by atoms with Crippen LogP contribution < -0.4 is 4.74 Å². The molecule has 0 bridgehead atoms. The van der Waals surface area contributed by atoms with Crippen molar-refractivity contribution in [2.24, 2.45) is 0 Å². The molecule has 16 heavy (non-hydrogen) atoms. The molecule has 2 heteroatoms. The number of hydrogen-bond donors (Lipinski definition) is 0. The molecule has 0 saturated carbocycles. The first kappa shape index (κ1) is 11.1. The smallest absolute Gasteiger partial charge is 0.140 e. The van der Waals surface area contributed by atoms with Gasteiger partial charge in [-0.15, -0.1) is 11.8 Å². The molecule has 0 spiro atoms. The summed E-state index contributed by atoms with van der Waals surface area (Å²) in [5.41, 5.74) is 2.34. The highest BCUT2D eigenvalue weighted by atomic mass is 32.2. The molecule has 0 aliphatic carbocycles. The Morgan fingerprint density at radius 2 is 1.69 bits per heavy atom. The molecule has 0 amide bonds. The molecular formula is C14H14OS. The molecule has 0 heterocycles. The molecular weight excluding hydrogens is 216 g/mol. The van der Waals surface area contributed by atoms with E-state index in [1.165, 1.54) is 10.5 Å². The Labute approximate surface area is 100 Å². The normalized spacial score (nSPS) is 10.1. The summed E-state index contributed by atoms with van der Waals surface area (Å²) in [6.45, 7) is 0. The summed E-state index contributed by atoms with van der Waals surface area (Å²) in [4.78, 5) is 1.17. The summed E-state index contributed by atoms with van der Waals surface area (Å²) in [7, 11) is 1.72. The highest BCUT2D eigenvalue weighted by Gasteiger charge is 2.09. The van der Waals surface area contributed by atoms with Crippen LogP contribution in [0, 0.1) is 0 Å². The van der Waals surface area contributed by atoms with Crippen LogP contribution in [0.2, 0.25) is 0 Å². The number of para-hydroxylation sites is 1. The summed E-state index contributed by atoms with van der Waals surface area (Å²) in [5, 5.41) is 0. The second-order valence-electron chi connectivity index (χ2n) is 3.41. The molecule has 1 nitrogen and oxygen atoms in total. The van der Waals surface area contributed by atoms with Crippen molar-refractivity contribution in [3.8, 4) is 16.9 Å². The van der Waals surface area contributed by atoms with Crippen LogP contribution in [0.15, 0.2) is 53.4 Å². The number of hydrogen-bond acceptors (Lipinski definition) is 2. The van der Waals surface area contributed by atoms with Crippen LogP contribution in [0.4, 0.5) is 0 Å². The minimum Gasteiger partial charge on any atom is -0.495 e. The maximum absolute atomic E-state index is 5.50. The average molecular weight is 230 g/mol. The molecule has 2 rings (SSSR count). The number of benzene rings is 2. The second kappa shape index (κ2) is 5.08. The zero-order valence-corrected chi connectivity index (χ0v) is 10.3. The quantitative estimate of drug-likeness (QED) is 0.735. The summed E-state index contributed by atoms with van der Waals surface area (Å²) >= 11 is 1.70. The topological polar surface area (TPSA) is 9.23 Å². The van der Waals surface area contributed by atoms with Crippen molar-refractivity contribution in [3.63, 3.8) is 0 Å². The Hall–Kier alpha value is -1.41. The number of rotatable bonds is 3.